The van der Waals surface area contributed by atoms with Crippen LogP contribution in [0.2, 0.25) is 6.82 Å². The Morgan fingerprint density at radius 1 is 1.69 bits per heavy atom. The molecule has 1 heterocycles. The minimum absolute atomic E-state index is 0.245. The lowest BCUT2D eigenvalue weighted by Crippen LogP contribution is -2.47. The first-order chi connectivity index (χ1) is 6.07. The van der Waals surface area contributed by atoms with Gasteiger partial charge in [-0.2, -0.15) is 0 Å². The number of methoxy groups -OCH3 is 1. The second kappa shape index (κ2) is 4.11. The normalized spacial score (nSPS) is 28.9. The van der Waals surface area contributed by atoms with E-state index in [9.17, 15) is 9.82 Å². The van der Waals surface area contributed by atoms with Crippen LogP contribution in [0.25, 0.3) is 0 Å². The Balaban J connectivity index is 2.71. The average molecular weight is 185 g/mol. The maximum atomic E-state index is 11.4. The molecule has 0 bridgehead atoms. The number of ether oxygens (including phenoxy) is 1. The van der Waals surface area contributed by atoms with Crippen molar-refractivity contribution in [2.24, 2.45) is 5.92 Å². The Kier molecular flexibility index (Phi) is 3.33. The van der Waals surface area contributed by atoms with Crippen molar-refractivity contribution in [2.45, 2.75) is 26.2 Å². The van der Waals surface area contributed by atoms with Crippen LogP contribution < -0.4 is 0 Å². The molecule has 1 aliphatic rings. The molecule has 0 spiro atoms. The van der Waals surface area contributed by atoms with Gasteiger partial charge in [-0.1, -0.05) is 6.92 Å². The fourth-order valence-electron chi connectivity index (χ4n) is 1.88. The maximum Gasteiger partial charge on any atom is 0.377 e. The van der Waals surface area contributed by atoms with E-state index in [2.05, 4.69) is 0 Å². The van der Waals surface area contributed by atoms with E-state index in [1.54, 1.807) is 11.6 Å². The Hall–Kier alpha value is -0.545. The lowest BCUT2D eigenvalue weighted by molar-refractivity contribution is -0.145. The first kappa shape index (κ1) is 10.5. The summed E-state index contributed by atoms with van der Waals surface area (Å²) < 4.78 is 4.69. The van der Waals surface area contributed by atoms with E-state index in [1.807, 2.05) is 6.92 Å². The van der Waals surface area contributed by atoms with E-state index in [4.69, 9.17) is 4.74 Å². The summed E-state index contributed by atoms with van der Waals surface area (Å²) in [6, 6.07) is -0.273. The van der Waals surface area contributed by atoms with Crippen LogP contribution in [0.15, 0.2) is 0 Å². The van der Waals surface area contributed by atoms with Gasteiger partial charge in [-0.25, -0.2) is 0 Å². The quantitative estimate of drug-likeness (QED) is 0.485. The van der Waals surface area contributed by atoms with Crippen molar-refractivity contribution in [3.8, 4) is 0 Å². The Bertz CT molecular complexity index is 198. The third-order valence-corrected chi connectivity index (χ3v) is 2.66. The highest BCUT2D eigenvalue weighted by Crippen LogP contribution is 2.25. The topological polar surface area (TPSA) is 49.8 Å². The van der Waals surface area contributed by atoms with Crippen LogP contribution in [-0.4, -0.2) is 42.6 Å². The summed E-state index contributed by atoms with van der Waals surface area (Å²) in [5, 5.41) is 9.40. The fourth-order valence-corrected chi connectivity index (χ4v) is 1.88. The van der Waals surface area contributed by atoms with E-state index >= 15 is 0 Å². The maximum absolute atomic E-state index is 11.4. The third-order valence-electron chi connectivity index (χ3n) is 2.66. The molecule has 13 heavy (non-hydrogen) atoms. The highest BCUT2D eigenvalue weighted by molar-refractivity contribution is 6.45. The number of hydrogen-bond acceptors (Lipinski definition) is 4. The van der Waals surface area contributed by atoms with Gasteiger partial charge in [0.05, 0.1) is 7.11 Å². The molecule has 4 nitrogen and oxygen atoms in total. The van der Waals surface area contributed by atoms with Gasteiger partial charge in [0.2, 0.25) is 0 Å². The molecule has 1 saturated heterocycles. The van der Waals surface area contributed by atoms with Crippen molar-refractivity contribution in [1.29, 1.82) is 0 Å². The summed E-state index contributed by atoms with van der Waals surface area (Å²) in [6.07, 6.45) is 0.935. The van der Waals surface area contributed by atoms with Crippen molar-refractivity contribution >= 4 is 13.0 Å². The number of rotatable bonds is 2. The highest BCUT2D eigenvalue weighted by Gasteiger charge is 2.40. The van der Waals surface area contributed by atoms with Crippen molar-refractivity contribution in [1.82, 2.24) is 4.81 Å². The molecule has 0 unspecified atom stereocenters. The zero-order valence-electron chi connectivity index (χ0n) is 8.36. The molecule has 1 aliphatic heterocycles. The van der Waals surface area contributed by atoms with Crippen molar-refractivity contribution in [3.63, 3.8) is 0 Å². The van der Waals surface area contributed by atoms with Crippen LogP contribution >= 0.6 is 0 Å². The molecular formula is C8H16BNO3. The second-order valence-electron chi connectivity index (χ2n) is 3.60. The number of esters is 1. The molecule has 0 saturated carbocycles. The highest BCUT2D eigenvalue weighted by atomic mass is 16.5. The van der Waals surface area contributed by atoms with E-state index in [0.29, 0.717) is 0 Å². The predicted octanol–water partition coefficient (Wildman–Crippen LogP) is -0.0199. The van der Waals surface area contributed by atoms with E-state index in [-0.39, 0.29) is 17.9 Å². The molecular weight excluding hydrogens is 169 g/mol. The molecule has 0 aromatic heterocycles. The van der Waals surface area contributed by atoms with E-state index in [0.717, 1.165) is 13.0 Å². The Morgan fingerprint density at radius 3 is 2.77 bits per heavy atom. The molecule has 0 aromatic carbocycles. The Morgan fingerprint density at radius 2 is 2.31 bits per heavy atom. The third kappa shape index (κ3) is 2.03. The fraction of sp³-hybridized carbons (Fsp3) is 0.875. The van der Waals surface area contributed by atoms with Crippen LogP contribution in [0.4, 0.5) is 0 Å². The molecule has 0 radical (unpaired) electrons. The standard InChI is InChI=1S/C8H16BNO3/c1-6-4-5-10(9(2)12)7(6)8(11)13-3/h6-7,12H,4-5H2,1-3H3/t6-,7-/m0/s1. The lowest BCUT2D eigenvalue weighted by Gasteiger charge is -2.24. The first-order valence-corrected chi connectivity index (χ1v) is 4.59. The molecule has 5 heteroatoms. The molecule has 1 fully saturated rings. The lowest BCUT2D eigenvalue weighted by atomic mass is 9.83. The largest absolute Gasteiger partial charge is 0.468 e. The molecule has 1 rings (SSSR count). The molecule has 0 amide bonds. The van der Waals surface area contributed by atoms with Gasteiger partial charge in [0.1, 0.15) is 6.04 Å². The number of carbonyl (C=O) groups excluding carboxylic acids is 1. The summed E-state index contributed by atoms with van der Waals surface area (Å²) >= 11 is 0. The zero-order valence-corrected chi connectivity index (χ0v) is 8.36. The number of nitrogens with zero attached hydrogens (tertiary/aromatic N) is 1. The summed E-state index contributed by atoms with van der Waals surface area (Å²) in [6.45, 7) is 4.44. The first-order valence-electron chi connectivity index (χ1n) is 4.59. The van der Waals surface area contributed by atoms with Crippen molar-refractivity contribution in [2.75, 3.05) is 13.7 Å². The van der Waals surface area contributed by atoms with Crippen LogP contribution in [0.3, 0.4) is 0 Å². The average Bonchev–Trinajstić information content (AvgIpc) is 2.46. The molecule has 74 valence electrons. The van der Waals surface area contributed by atoms with Gasteiger partial charge in [0, 0.05) is 0 Å². The van der Waals surface area contributed by atoms with Gasteiger partial charge >= 0.3 is 13.0 Å². The van der Waals surface area contributed by atoms with Gasteiger partial charge in [-0.3, -0.25) is 4.79 Å². The van der Waals surface area contributed by atoms with Crippen molar-refractivity contribution in [3.05, 3.63) is 0 Å². The number of carbonyl (C=O) groups is 1. The molecule has 1 N–H and O–H groups in total. The van der Waals surface area contributed by atoms with Gasteiger partial charge in [-0.15, -0.1) is 0 Å². The monoisotopic (exact) mass is 185 g/mol. The summed E-state index contributed by atoms with van der Waals surface area (Å²) in [4.78, 5) is 13.1. The summed E-state index contributed by atoms with van der Waals surface area (Å²) in [7, 11) is 0.808. The van der Waals surface area contributed by atoms with Crippen molar-refractivity contribution < 1.29 is 14.6 Å². The molecule has 0 aromatic rings. The van der Waals surface area contributed by atoms with Crippen LogP contribution in [0.5, 0.6) is 0 Å². The predicted molar refractivity (Wildman–Crippen MR) is 50.1 cm³/mol. The SMILES string of the molecule is COC(=O)[C@@H]1[C@@H](C)CCN1B(C)O. The van der Waals surface area contributed by atoms with Crippen LogP contribution in [0, 0.1) is 5.92 Å². The summed E-state index contributed by atoms with van der Waals surface area (Å²) in [5.41, 5.74) is 0. The minimum atomic E-state index is -0.575. The van der Waals surface area contributed by atoms with E-state index in [1.165, 1.54) is 7.11 Å². The van der Waals surface area contributed by atoms with Gasteiger partial charge in [0.15, 0.2) is 0 Å². The van der Waals surface area contributed by atoms with Gasteiger partial charge < -0.3 is 14.6 Å². The molecule has 2 atom stereocenters. The smallest absolute Gasteiger partial charge is 0.377 e. The second-order valence-corrected chi connectivity index (χ2v) is 3.60. The van der Waals surface area contributed by atoms with E-state index < -0.39 is 7.05 Å². The summed E-state index contributed by atoms with van der Waals surface area (Å²) in [5.74, 6) is 0.0212. The van der Waals surface area contributed by atoms with Gasteiger partial charge in [-0.05, 0) is 25.7 Å². The number of hydrogen-bond donors (Lipinski definition) is 1. The van der Waals surface area contributed by atoms with Crippen LogP contribution in [0.1, 0.15) is 13.3 Å². The zero-order chi connectivity index (χ0) is 10.0. The molecule has 0 aliphatic carbocycles. The minimum Gasteiger partial charge on any atom is -0.468 e. The van der Waals surface area contributed by atoms with Gasteiger partial charge in [0.25, 0.3) is 0 Å². The Labute approximate surface area is 79.0 Å². The van der Waals surface area contributed by atoms with Crippen LogP contribution in [-0.2, 0) is 9.53 Å².